The molecule has 4 N–H and O–H groups in total. The van der Waals surface area contributed by atoms with Gasteiger partial charge in [-0.15, -0.1) is 0 Å². The summed E-state index contributed by atoms with van der Waals surface area (Å²) in [6.45, 7) is 2.41. The van der Waals surface area contributed by atoms with E-state index < -0.39 is 5.97 Å². The van der Waals surface area contributed by atoms with Crippen LogP contribution in [0.3, 0.4) is 0 Å². The molecule has 1 saturated heterocycles. The van der Waals surface area contributed by atoms with Crippen molar-refractivity contribution in [1.29, 1.82) is 0 Å². The Morgan fingerprint density at radius 3 is 3.06 bits per heavy atom. The van der Waals surface area contributed by atoms with Gasteiger partial charge in [-0.2, -0.15) is 0 Å². The van der Waals surface area contributed by atoms with E-state index in [2.05, 4.69) is 5.32 Å². The molecular weight excluding hydrogens is 232 g/mol. The Kier molecular flexibility index (Phi) is 4.04. The summed E-state index contributed by atoms with van der Waals surface area (Å²) in [5, 5.41) is 12.2. The number of hydrogen-bond acceptors (Lipinski definition) is 4. The van der Waals surface area contributed by atoms with Crippen LogP contribution in [0.5, 0.6) is 0 Å². The lowest BCUT2D eigenvalue weighted by molar-refractivity contribution is 0.0595. The van der Waals surface area contributed by atoms with Crippen molar-refractivity contribution < 1.29 is 14.6 Å². The third-order valence-electron chi connectivity index (χ3n) is 3.13. The number of carbonyl (C=O) groups is 1. The minimum Gasteiger partial charge on any atom is -0.478 e. The maximum atomic E-state index is 11.0. The molecule has 1 heterocycles. The van der Waals surface area contributed by atoms with Crippen LogP contribution in [-0.2, 0) is 4.74 Å². The van der Waals surface area contributed by atoms with E-state index in [9.17, 15) is 4.79 Å². The highest BCUT2D eigenvalue weighted by Crippen LogP contribution is 2.19. The number of hydrogen-bond donors (Lipinski definition) is 3. The average Bonchev–Trinajstić information content (AvgIpc) is 2.38. The Labute approximate surface area is 106 Å². The van der Waals surface area contributed by atoms with Crippen LogP contribution < -0.4 is 11.1 Å². The first kappa shape index (κ1) is 12.7. The third-order valence-corrected chi connectivity index (χ3v) is 3.13. The highest BCUT2D eigenvalue weighted by molar-refractivity contribution is 5.94. The second-order valence-electron chi connectivity index (χ2n) is 4.57. The van der Waals surface area contributed by atoms with Crippen LogP contribution in [0.4, 0.5) is 11.4 Å². The number of anilines is 2. The van der Waals surface area contributed by atoms with Crippen LogP contribution in [0.15, 0.2) is 18.2 Å². The quantitative estimate of drug-likeness (QED) is 0.710. The molecule has 1 aliphatic rings. The van der Waals surface area contributed by atoms with Crippen LogP contribution in [0.1, 0.15) is 23.2 Å². The molecule has 0 spiro atoms. The molecule has 0 bridgehead atoms. The van der Waals surface area contributed by atoms with E-state index in [1.165, 1.54) is 0 Å². The lowest BCUT2D eigenvalue weighted by Crippen LogP contribution is -2.24. The first-order valence-electron chi connectivity index (χ1n) is 6.11. The molecule has 1 atom stereocenters. The molecule has 1 aromatic carbocycles. The number of aromatic carboxylic acids is 1. The maximum absolute atomic E-state index is 11.0. The molecule has 5 heteroatoms. The molecule has 98 valence electrons. The van der Waals surface area contributed by atoms with Gasteiger partial charge in [-0.05, 0) is 37.0 Å². The fourth-order valence-corrected chi connectivity index (χ4v) is 2.08. The Hall–Kier alpha value is -1.75. The summed E-state index contributed by atoms with van der Waals surface area (Å²) in [5.41, 5.74) is 6.81. The fraction of sp³-hybridized carbons (Fsp3) is 0.462. The van der Waals surface area contributed by atoms with E-state index in [1.54, 1.807) is 18.2 Å². The summed E-state index contributed by atoms with van der Waals surface area (Å²) >= 11 is 0. The zero-order valence-electron chi connectivity index (χ0n) is 10.2. The minimum atomic E-state index is -1.00. The summed E-state index contributed by atoms with van der Waals surface area (Å²) < 4.78 is 5.40. The summed E-state index contributed by atoms with van der Waals surface area (Å²) in [5.74, 6) is -0.512. The lowest BCUT2D eigenvalue weighted by Gasteiger charge is -2.22. The van der Waals surface area contributed by atoms with Gasteiger partial charge < -0.3 is 20.9 Å². The Balaban J connectivity index is 1.96. The van der Waals surface area contributed by atoms with Crippen molar-refractivity contribution in [2.24, 2.45) is 5.92 Å². The van der Waals surface area contributed by atoms with Gasteiger partial charge in [0, 0.05) is 24.5 Å². The van der Waals surface area contributed by atoms with Crippen molar-refractivity contribution in [3.63, 3.8) is 0 Å². The van der Waals surface area contributed by atoms with Gasteiger partial charge in [-0.1, -0.05) is 0 Å². The number of carboxylic acids is 1. The maximum Gasteiger partial charge on any atom is 0.337 e. The highest BCUT2D eigenvalue weighted by Gasteiger charge is 2.14. The standard InChI is InChI=1S/C13H18N2O3/c14-12-4-3-10(6-11(12)13(16)17)15-7-9-2-1-5-18-8-9/h3-4,6,9,15H,1-2,5,7-8,14H2,(H,16,17). The van der Waals surface area contributed by atoms with Crippen LogP contribution in [0, 0.1) is 5.92 Å². The second-order valence-corrected chi connectivity index (χ2v) is 4.57. The van der Waals surface area contributed by atoms with E-state index in [0.29, 0.717) is 5.92 Å². The predicted molar refractivity (Wildman–Crippen MR) is 69.8 cm³/mol. The van der Waals surface area contributed by atoms with Crippen molar-refractivity contribution in [2.45, 2.75) is 12.8 Å². The number of nitrogens with two attached hydrogens (primary N) is 1. The molecule has 0 aliphatic carbocycles. The summed E-state index contributed by atoms with van der Waals surface area (Å²) in [6.07, 6.45) is 2.24. The molecule has 0 saturated carbocycles. The molecule has 1 unspecified atom stereocenters. The molecule has 0 aromatic heterocycles. The highest BCUT2D eigenvalue weighted by atomic mass is 16.5. The summed E-state index contributed by atoms with van der Waals surface area (Å²) in [4.78, 5) is 11.0. The van der Waals surface area contributed by atoms with Crippen LogP contribution in [0.25, 0.3) is 0 Å². The van der Waals surface area contributed by atoms with Gasteiger partial charge in [0.2, 0.25) is 0 Å². The molecule has 0 amide bonds. The van der Waals surface area contributed by atoms with Crippen molar-refractivity contribution >= 4 is 17.3 Å². The summed E-state index contributed by atoms with van der Waals surface area (Å²) in [7, 11) is 0. The SMILES string of the molecule is Nc1ccc(NCC2CCCOC2)cc1C(=O)O. The van der Waals surface area contributed by atoms with Gasteiger partial charge in [0.05, 0.1) is 12.2 Å². The molecule has 0 radical (unpaired) electrons. The Bertz CT molecular complexity index is 428. The Morgan fingerprint density at radius 2 is 2.39 bits per heavy atom. The number of nitrogen functional groups attached to an aromatic ring is 1. The number of rotatable bonds is 4. The second kappa shape index (κ2) is 5.73. The first-order valence-corrected chi connectivity index (χ1v) is 6.11. The largest absolute Gasteiger partial charge is 0.478 e. The van der Waals surface area contributed by atoms with Gasteiger partial charge in [-0.25, -0.2) is 4.79 Å². The van der Waals surface area contributed by atoms with Crippen LogP contribution >= 0.6 is 0 Å². The van der Waals surface area contributed by atoms with Crippen molar-refractivity contribution in [2.75, 3.05) is 30.8 Å². The topological polar surface area (TPSA) is 84.6 Å². The van der Waals surface area contributed by atoms with Crippen molar-refractivity contribution in [1.82, 2.24) is 0 Å². The molecule has 5 nitrogen and oxygen atoms in total. The van der Waals surface area contributed by atoms with Crippen molar-refractivity contribution in [3.05, 3.63) is 23.8 Å². The van der Waals surface area contributed by atoms with Gasteiger partial charge in [0.1, 0.15) is 0 Å². The van der Waals surface area contributed by atoms with Crippen LogP contribution in [-0.4, -0.2) is 30.8 Å². The first-order chi connectivity index (χ1) is 8.66. The van der Waals surface area contributed by atoms with E-state index in [1.807, 2.05) is 0 Å². The fourth-order valence-electron chi connectivity index (χ4n) is 2.08. The predicted octanol–water partition coefficient (Wildman–Crippen LogP) is 1.81. The van der Waals surface area contributed by atoms with Crippen LogP contribution in [0.2, 0.25) is 0 Å². The number of carboxylic acid groups (broad SMARTS) is 1. The monoisotopic (exact) mass is 250 g/mol. The summed E-state index contributed by atoms with van der Waals surface area (Å²) in [6, 6.07) is 4.98. The van der Waals surface area contributed by atoms with Crippen molar-refractivity contribution in [3.8, 4) is 0 Å². The molecule has 1 aromatic rings. The van der Waals surface area contributed by atoms with E-state index in [-0.39, 0.29) is 11.3 Å². The number of ether oxygens (including phenoxy) is 1. The third kappa shape index (κ3) is 3.13. The van der Waals surface area contributed by atoms with E-state index in [0.717, 1.165) is 38.3 Å². The molecule has 1 fully saturated rings. The zero-order valence-corrected chi connectivity index (χ0v) is 10.2. The minimum absolute atomic E-state index is 0.139. The normalized spacial score (nSPS) is 19.4. The van der Waals surface area contributed by atoms with Gasteiger partial charge in [-0.3, -0.25) is 0 Å². The zero-order chi connectivity index (χ0) is 13.0. The number of benzene rings is 1. The number of nitrogens with one attached hydrogen (secondary N) is 1. The molecule has 1 aliphatic heterocycles. The molecular formula is C13H18N2O3. The van der Waals surface area contributed by atoms with Gasteiger partial charge in [0.15, 0.2) is 0 Å². The van der Waals surface area contributed by atoms with Gasteiger partial charge >= 0.3 is 5.97 Å². The molecule has 2 rings (SSSR count). The Morgan fingerprint density at radius 1 is 1.56 bits per heavy atom. The average molecular weight is 250 g/mol. The van der Waals surface area contributed by atoms with E-state index in [4.69, 9.17) is 15.6 Å². The molecule has 18 heavy (non-hydrogen) atoms. The van der Waals surface area contributed by atoms with E-state index >= 15 is 0 Å². The van der Waals surface area contributed by atoms with Gasteiger partial charge in [0.25, 0.3) is 0 Å². The lowest BCUT2D eigenvalue weighted by atomic mass is 10.0. The smallest absolute Gasteiger partial charge is 0.337 e.